The molecule has 0 saturated heterocycles. The van der Waals surface area contributed by atoms with Crippen LogP contribution in [0.3, 0.4) is 0 Å². The smallest absolute Gasteiger partial charge is 0.272 e. The predicted molar refractivity (Wildman–Crippen MR) is 183 cm³/mol. The summed E-state index contributed by atoms with van der Waals surface area (Å²) in [7, 11) is 4.48. The fraction of sp³-hybridized carbons (Fsp3) is 0.147. The second kappa shape index (κ2) is 16.1. The van der Waals surface area contributed by atoms with Gasteiger partial charge in [0.1, 0.15) is 11.4 Å². The van der Waals surface area contributed by atoms with E-state index in [0.717, 1.165) is 4.90 Å². The van der Waals surface area contributed by atoms with Crippen LogP contribution in [0, 0.1) is 0 Å². The Kier molecular flexibility index (Phi) is 12.0. The van der Waals surface area contributed by atoms with E-state index in [2.05, 4.69) is 16.0 Å². The SMILES string of the molecule is COc1cc(OC)c(OC)cc1/C=C(\NC(=O)c1ccccc1)C(=O)Nc1ccc(SC(C)C(=O)Nc2ccc(Cl)c(Cl)c2)cc1. The number of hydrogen-bond donors (Lipinski definition) is 3. The molecule has 0 aliphatic carbocycles. The second-order valence-electron chi connectivity index (χ2n) is 9.68. The maximum atomic E-state index is 13.6. The molecule has 3 amide bonds. The fourth-order valence-corrected chi connectivity index (χ4v) is 5.32. The number of benzene rings is 4. The van der Waals surface area contributed by atoms with Gasteiger partial charge >= 0.3 is 0 Å². The average molecular weight is 681 g/mol. The molecular weight excluding hydrogens is 649 g/mol. The van der Waals surface area contributed by atoms with E-state index in [4.69, 9.17) is 37.4 Å². The highest BCUT2D eigenvalue weighted by molar-refractivity contribution is 8.00. The standard InChI is InChI=1S/C34H31Cl2N3O6S/c1-20(32(40)38-24-12-15-26(35)27(36)18-24)46-25-13-10-23(11-14-25)37-34(42)28(39-33(41)21-8-6-5-7-9-21)16-22-17-30(44-3)31(45-4)19-29(22)43-2/h5-20H,1-4H3,(H,37,42)(H,38,40)(H,39,41)/b28-16-. The Balaban J connectivity index is 1.52. The van der Waals surface area contributed by atoms with Crippen molar-refractivity contribution in [1.29, 1.82) is 0 Å². The molecule has 4 rings (SSSR count). The summed E-state index contributed by atoms with van der Waals surface area (Å²) in [5, 5.41) is 8.67. The van der Waals surface area contributed by atoms with Crippen LogP contribution in [0.5, 0.6) is 17.2 Å². The lowest BCUT2D eigenvalue weighted by atomic mass is 10.1. The topological polar surface area (TPSA) is 115 Å². The van der Waals surface area contributed by atoms with Gasteiger partial charge in [-0.3, -0.25) is 14.4 Å². The van der Waals surface area contributed by atoms with Crippen molar-refractivity contribution < 1.29 is 28.6 Å². The highest BCUT2D eigenvalue weighted by Crippen LogP contribution is 2.36. The van der Waals surface area contributed by atoms with Gasteiger partial charge in [0.2, 0.25) is 5.91 Å². The van der Waals surface area contributed by atoms with Crippen molar-refractivity contribution in [3.05, 3.63) is 112 Å². The van der Waals surface area contributed by atoms with E-state index in [1.807, 2.05) is 0 Å². The maximum Gasteiger partial charge on any atom is 0.272 e. The van der Waals surface area contributed by atoms with Crippen molar-refractivity contribution in [2.24, 2.45) is 0 Å². The number of thioether (sulfide) groups is 1. The van der Waals surface area contributed by atoms with Crippen LogP contribution in [0.15, 0.2) is 95.5 Å². The Hall–Kier alpha value is -4.64. The molecule has 0 fully saturated rings. The number of halogens is 2. The number of anilines is 2. The van der Waals surface area contributed by atoms with Gasteiger partial charge < -0.3 is 30.2 Å². The normalized spacial score (nSPS) is 11.7. The van der Waals surface area contributed by atoms with Crippen molar-refractivity contribution in [3.8, 4) is 17.2 Å². The van der Waals surface area contributed by atoms with Gasteiger partial charge in [0.15, 0.2) is 11.5 Å². The molecule has 0 aromatic heterocycles. The van der Waals surface area contributed by atoms with E-state index in [0.29, 0.717) is 49.8 Å². The van der Waals surface area contributed by atoms with Gasteiger partial charge in [0.25, 0.3) is 11.8 Å². The van der Waals surface area contributed by atoms with Crippen molar-refractivity contribution in [2.75, 3.05) is 32.0 Å². The summed E-state index contributed by atoms with van der Waals surface area (Å²) >= 11 is 13.3. The van der Waals surface area contributed by atoms with Crippen molar-refractivity contribution in [1.82, 2.24) is 5.32 Å². The summed E-state index contributed by atoms with van der Waals surface area (Å²) in [6, 6.07) is 23.7. The molecule has 0 bridgehead atoms. The van der Waals surface area contributed by atoms with Gasteiger partial charge in [-0.05, 0) is 73.7 Å². The van der Waals surface area contributed by atoms with Crippen molar-refractivity contribution in [2.45, 2.75) is 17.1 Å². The molecule has 1 atom stereocenters. The molecule has 0 spiro atoms. The predicted octanol–water partition coefficient (Wildman–Crippen LogP) is 7.55. The first kappa shape index (κ1) is 34.2. The van der Waals surface area contributed by atoms with E-state index in [-0.39, 0.29) is 11.6 Å². The number of amides is 3. The molecule has 3 N–H and O–H groups in total. The van der Waals surface area contributed by atoms with E-state index in [9.17, 15) is 14.4 Å². The van der Waals surface area contributed by atoms with Crippen LogP contribution >= 0.6 is 35.0 Å². The van der Waals surface area contributed by atoms with E-state index < -0.39 is 17.1 Å². The summed E-state index contributed by atoms with van der Waals surface area (Å²) in [6.07, 6.45) is 1.50. The number of rotatable bonds is 12. The summed E-state index contributed by atoms with van der Waals surface area (Å²) in [6.45, 7) is 1.78. The lowest BCUT2D eigenvalue weighted by Crippen LogP contribution is -2.30. The lowest BCUT2D eigenvalue weighted by molar-refractivity contribution is -0.115. The molecule has 4 aromatic carbocycles. The summed E-state index contributed by atoms with van der Waals surface area (Å²) in [4.78, 5) is 40.2. The molecule has 4 aromatic rings. The number of ether oxygens (including phenoxy) is 3. The second-order valence-corrected chi connectivity index (χ2v) is 11.9. The highest BCUT2D eigenvalue weighted by Gasteiger charge is 2.19. The maximum absolute atomic E-state index is 13.6. The summed E-state index contributed by atoms with van der Waals surface area (Å²) < 4.78 is 16.3. The number of hydrogen-bond acceptors (Lipinski definition) is 7. The Morgan fingerprint density at radius 2 is 1.37 bits per heavy atom. The minimum Gasteiger partial charge on any atom is -0.496 e. The van der Waals surface area contributed by atoms with Crippen molar-refractivity contribution in [3.63, 3.8) is 0 Å². The third-order valence-corrected chi connectivity index (χ3v) is 8.40. The molecule has 0 aliphatic heterocycles. The van der Waals surface area contributed by atoms with Crippen LogP contribution < -0.4 is 30.2 Å². The van der Waals surface area contributed by atoms with Gasteiger partial charge in [-0.2, -0.15) is 0 Å². The molecular formula is C34H31Cl2N3O6S. The molecule has 238 valence electrons. The number of carbonyl (C=O) groups is 3. The zero-order valence-electron chi connectivity index (χ0n) is 25.4. The Labute approximate surface area is 281 Å². The van der Waals surface area contributed by atoms with E-state index in [1.165, 1.54) is 39.2 Å². The van der Waals surface area contributed by atoms with Gasteiger partial charge in [-0.15, -0.1) is 11.8 Å². The van der Waals surface area contributed by atoms with Crippen molar-refractivity contribution >= 4 is 70.1 Å². The molecule has 0 heterocycles. The third kappa shape index (κ3) is 8.97. The first-order valence-electron chi connectivity index (χ1n) is 13.8. The van der Waals surface area contributed by atoms with E-state index in [1.54, 1.807) is 91.9 Å². The van der Waals surface area contributed by atoms with Crippen LogP contribution in [0.1, 0.15) is 22.8 Å². The molecule has 12 heteroatoms. The molecule has 9 nitrogen and oxygen atoms in total. The first-order valence-corrected chi connectivity index (χ1v) is 15.5. The summed E-state index contributed by atoms with van der Waals surface area (Å²) in [5.41, 5.74) is 1.82. The zero-order chi connectivity index (χ0) is 33.2. The number of carbonyl (C=O) groups excluding carboxylic acids is 3. The van der Waals surface area contributed by atoms with Crippen LogP contribution in [-0.4, -0.2) is 44.3 Å². The number of nitrogens with one attached hydrogen (secondary N) is 3. The van der Waals surface area contributed by atoms with Gasteiger partial charge in [-0.1, -0.05) is 41.4 Å². The molecule has 0 aliphatic rings. The fourth-order valence-electron chi connectivity index (χ4n) is 4.15. The quantitative estimate of drug-likeness (QED) is 0.105. The molecule has 0 radical (unpaired) electrons. The van der Waals surface area contributed by atoms with Crippen LogP contribution in [0.25, 0.3) is 6.08 Å². The zero-order valence-corrected chi connectivity index (χ0v) is 27.7. The van der Waals surface area contributed by atoms with Crippen LogP contribution in [0.4, 0.5) is 11.4 Å². The molecule has 0 saturated carbocycles. The Morgan fingerprint density at radius 1 is 0.739 bits per heavy atom. The molecule has 46 heavy (non-hydrogen) atoms. The highest BCUT2D eigenvalue weighted by atomic mass is 35.5. The van der Waals surface area contributed by atoms with Gasteiger partial charge in [-0.25, -0.2) is 0 Å². The Morgan fingerprint density at radius 3 is 2.00 bits per heavy atom. The minimum absolute atomic E-state index is 0.0366. The van der Waals surface area contributed by atoms with Gasteiger partial charge in [0.05, 0.1) is 36.6 Å². The first-order chi connectivity index (χ1) is 22.1. The third-order valence-electron chi connectivity index (χ3n) is 6.55. The average Bonchev–Trinajstić information content (AvgIpc) is 3.06. The van der Waals surface area contributed by atoms with Crippen LogP contribution in [0.2, 0.25) is 10.0 Å². The lowest BCUT2D eigenvalue weighted by Gasteiger charge is -2.15. The van der Waals surface area contributed by atoms with Gasteiger partial charge in [0, 0.05) is 33.5 Å². The molecule has 1 unspecified atom stereocenters. The van der Waals surface area contributed by atoms with E-state index >= 15 is 0 Å². The monoisotopic (exact) mass is 679 g/mol. The number of methoxy groups -OCH3 is 3. The summed E-state index contributed by atoms with van der Waals surface area (Å²) in [5.74, 6) is -0.00487. The minimum atomic E-state index is -0.573. The van der Waals surface area contributed by atoms with Crippen LogP contribution in [-0.2, 0) is 9.59 Å². The Bertz CT molecular complexity index is 1750. The largest absolute Gasteiger partial charge is 0.496 e.